The van der Waals surface area contributed by atoms with Gasteiger partial charge in [-0.3, -0.25) is 4.79 Å². The van der Waals surface area contributed by atoms with Crippen molar-refractivity contribution in [1.29, 1.82) is 0 Å². The number of carbonyl (C=O) groups excluding carboxylic acids is 1. The summed E-state index contributed by atoms with van der Waals surface area (Å²) in [7, 11) is -4.19. The number of hydrogen-bond donors (Lipinski definition) is 1. The summed E-state index contributed by atoms with van der Waals surface area (Å²) in [5, 5.41) is -0.171. The number of aromatic nitrogens is 2. The Morgan fingerprint density at radius 2 is 1.82 bits per heavy atom. The van der Waals surface area contributed by atoms with Gasteiger partial charge in [-0.1, -0.05) is 43.3 Å². The molecule has 2 saturated heterocycles. The van der Waals surface area contributed by atoms with Crippen molar-refractivity contribution in [2.75, 3.05) is 29.4 Å². The molecule has 0 radical (unpaired) electrons. The van der Waals surface area contributed by atoms with Crippen molar-refractivity contribution in [2.45, 2.75) is 50.6 Å². The molecule has 2 unspecified atom stereocenters. The first-order chi connectivity index (χ1) is 18.1. The number of pyridine rings is 2. The number of sulfonamides is 1. The molecular formula is C29H35N5O3S. The van der Waals surface area contributed by atoms with Gasteiger partial charge in [0.05, 0.1) is 5.56 Å². The predicted molar refractivity (Wildman–Crippen MR) is 149 cm³/mol. The first kappa shape index (κ1) is 26.2. The van der Waals surface area contributed by atoms with Gasteiger partial charge in [0.1, 0.15) is 11.6 Å². The molecule has 2 aliphatic heterocycles. The molecule has 1 amide bonds. The highest BCUT2D eigenvalue weighted by atomic mass is 32.2. The largest absolute Gasteiger partial charge is 0.356 e. The van der Waals surface area contributed by atoms with Gasteiger partial charge in [0.15, 0.2) is 5.03 Å². The first-order valence-corrected chi connectivity index (χ1v) is 14.7. The van der Waals surface area contributed by atoms with Crippen molar-refractivity contribution >= 4 is 27.6 Å². The van der Waals surface area contributed by atoms with Crippen LogP contribution >= 0.6 is 0 Å². The second kappa shape index (κ2) is 10.4. The van der Waals surface area contributed by atoms with Crippen LogP contribution in [0, 0.1) is 11.8 Å². The lowest BCUT2D eigenvalue weighted by atomic mass is 9.90. The maximum atomic E-state index is 13.3. The van der Waals surface area contributed by atoms with Crippen LogP contribution in [0.2, 0.25) is 0 Å². The van der Waals surface area contributed by atoms with Gasteiger partial charge in [0.25, 0.3) is 15.9 Å². The Labute approximate surface area is 225 Å². The Bertz CT molecular complexity index is 1410. The van der Waals surface area contributed by atoms with Crippen LogP contribution in [0.15, 0.2) is 71.9 Å². The molecule has 0 spiro atoms. The molecule has 2 aliphatic rings. The standard InChI is InChI=1S/C29H35N5O3S/c1-21-14-18-34(29(21,2)3)27-24(11-8-16-30-27)28(35)32-38(36,37)26-13-7-12-25(31-26)33-17-15-23(20-33)19-22-9-5-4-6-10-22/h4-13,16,21,23H,14-15,17-20H2,1-3H3,(H,32,35). The quantitative estimate of drug-likeness (QED) is 0.484. The molecule has 0 aliphatic carbocycles. The second-order valence-corrected chi connectivity index (χ2v) is 12.6. The van der Waals surface area contributed by atoms with Gasteiger partial charge >= 0.3 is 0 Å². The lowest BCUT2D eigenvalue weighted by Crippen LogP contribution is -2.43. The van der Waals surface area contributed by atoms with E-state index >= 15 is 0 Å². The minimum atomic E-state index is -4.19. The molecule has 0 saturated carbocycles. The highest BCUT2D eigenvalue weighted by molar-refractivity contribution is 7.90. The van der Waals surface area contributed by atoms with E-state index < -0.39 is 15.9 Å². The minimum Gasteiger partial charge on any atom is -0.356 e. The lowest BCUT2D eigenvalue weighted by molar-refractivity contribution is 0.0981. The van der Waals surface area contributed by atoms with Crippen LogP contribution in [0.25, 0.3) is 0 Å². The number of rotatable bonds is 7. The van der Waals surface area contributed by atoms with Crippen molar-refractivity contribution in [2.24, 2.45) is 11.8 Å². The van der Waals surface area contributed by atoms with E-state index in [2.05, 4.69) is 57.4 Å². The summed E-state index contributed by atoms with van der Waals surface area (Å²) < 4.78 is 28.7. The normalized spacial score (nSPS) is 21.0. The second-order valence-electron chi connectivity index (χ2n) is 10.9. The molecule has 38 heavy (non-hydrogen) atoms. The summed E-state index contributed by atoms with van der Waals surface area (Å²) in [6.07, 6.45) is 4.60. The molecule has 4 heterocycles. The van der Waals surface area contributed by atoms with E-state index in [1.54, 1.807) is 24.4 Å². The third-order valence-electron chi connectivity index (χ3n) is 8.16. The first-order valence-electron chi connectivity index (χ1n) is 13.2. The third-order valence-corrected chi connectivity index (χ3v) is 9.39. The summed E-state index contributed by atoms with van der Waals surface area (Å²) in [5.41, 5.74) is 1.33. The lowest BCUT2D eigenvalue weighted by Gasteiger charge is -2.36. The Hall–Kier alpha value is -3.46. The summed E-state index contributed by atoms with van der Waals surface area (Å²) in [6.45, 7) is 8.79. The van der Waals surface area contributed by atoms with Crippen molar-refractivity contribution in [1.82, 2.24) is 14.7 Å². The molecule has 3 aromatic rings. The molecule has 200 valence electrons. The van der Waals surface area contributed by atoms with Crippen molar-refractivity contribution in [3.8, 4) is 0 Å². The number of nitrogens with zero attached hydrogens (tertiary/aromatic N) is 4. The maximum Gasteiger partial charge on any atom is 0.281 e. The molecule has 2 atom stereocenters. The zero-order valence-corrected chi connectivity index (χ0v) is 23.0. The van der Waals surface area contributed by atoms with Gasteiger partial charge in [-0.25, -0.2) is 14.7 Å². The molecule has 5 rings (SSSR count). The molecular weight excluding hydrogens is 498 g/mol. The molecule has 8 nitrogen and oxygen atoms in total. The molecule has 1 N–H and O–H groups in total. The zero-order chi connectivity index (χ0) is 26.9. The van der Waals surface area contributed by atoms with Crippen molar-refractivity contribution in [3.63, 3.8) is 0 Å². The fourth-order valence-electron chi connectivity index (χ4n) is 5.51. The van der Waals surface area contributed by atoms with Gasteiger partial charge in [0.2, 0.25) is 0 Å². The number of amides is 1. The summed E-state index contributed by atoms with van der Waals surface area (Å²) in [6, 6.07) is 18.6. The number of nitrogens with one attached hydrogen (secondary N) is 1. The van der Waals surface area contributed by atoms with Gasteiger partial charge in [0, 0.05) is 31.4 Å². The minimum absolute atomic E-state index is 0.171. The van der Waals surface area contributed by atoms with Crippen molar-refractivity contribution in [3.05, 3.63) is 78.0 Å². The number of hydrogen-bond acceptors (Lipinski definition) is 7. The van der Waals surface area contributed by atoms with Gasteiger partial charge in [-0.2, -0.15) is 8.42 Å². The van der Waals surface area contributed by atoms with Crippen LogP contribution in [-0.4, -0.2) is 49.5 Å². The van der Waals surface area contributed by atoms with Crippen LogP contribution in [0.1, 0.15) is 49.5 Å². The molecule has 1 aromatic carbocycles. The highest BCUT2D eigenvalue weighted by Crippen LogP contribution is 2.38. The van der Waals surface area contributed by atoms with E-state index in [9.17, 15) is 13.2 Å². The summed E-state index contributed by atoms with van der Waals surface area (Å²) in [5.74, 6) is 1.28. The number of carbonyl (C=O) groups is 1. The van der Waals surface area contributed by atoms with Crippen LogP contribution < -0.4 is 14.5 Å². The van der Waals surface area contributed by atoms with E-state index in [-0.39, 0.29) is 16.1 Å². The van der Waals surface area contributed by atoms with E-state index in [4.69, 9.17) is 0 Å². The van der Waals surface area contributed by atoms with E-state index in [1.165, 1.54) is 11.6 Å². The van der Waals surface area contributed by atoms with Crippen LogP contribution in [0.4, 0.5) is 11.6 Å². The molecule has 0 bridgehead atoms. The average molecular weight is 534 g/mol. The Balaban J connectivity index is 1.31. The van der Waals surface area contributed by atoms with E-state index in [1.807, 2.05) is 24.3 Å². The molecule has 2 fully saturated rings. The number of benzene rings is 1. The van der Waals surface area contributed by atoms with Gasteiger partial charge < -0.3 is 9.80 Å². The smallest absolute Gasteiger partial charge is 0.281 e. The van der Waals surface area contributed by atoms with E-state index in [0.29, 0.717) is 23.5 Å². The third kappa shape index (κ3) is 5.25. The van der Waals surface area contributed by atoms with Crippen LogP contribution in [0.5, 0.6) is 0 Å². The molecule has 2 aromatic heterocycles. The monoisotopic (exact) mass is 533 g/mol. The summed E-state index contributed by atoms with van der Waals surface area (Å²) in [4.78, 5) is 26.4. The van der Waals surface area contributed by atoms with E-state index in [0.717, 1.165) is 38.9 Å². The van der Waals surface area contributed by atoms with Gasteiger partial charge in [-0.15, -0.1) is 0 Å². The topological polar surface area (TPSA) is 95.5 Å². The Kier molecular flexibility index (Phi) is 7.13. The number of anilines is 2. The Morgan fingerprint density at radius 3 is 2.55 bits per heavy atom. The van der Waals surface area contributed by atoms with Gasteiger partial charge in [-0.05, 0) is 74.8 Å². The van der Waals surface area contributed by atoms with Crippen LogP contribution in [-0.2, 0) is 16.4 Å². The average Bonchev–Trinajstić information content (AvgIpc) is 3.48. The fourth-order valence-corrected chi connectivity index (χ4v) is 6.44. The fraction of sp³-hybridized carbons (Fsp3) is 0.414. The predicted octanol–water partition coefficient (Wildman–Crippen LogP) is 4.29. The highest BCUT2D eigenvalue weighted by Gasteiger charge is 2.40. The van der Waals surface area contributed by atoms with Crippen molar-refractivity contribution < 1.29 is 13.2 Å². The summed E-state index contributed by atoms with van der Waals surface area (Å²) >= 11 is 0. The SMILES string of the molecule is CC1CCN(c2ncccc2C(=O)NS(=O)(=O)c2cccc(N3CCC(Cc4ccccc4)C3)n2)C1(C)C. The van der Waals surface area contributed by atoms with Crippen LogP contribution in [0.3, 0.4) is 0 Å². The maximum absolute atomic E-state index is 13.3. The molecule has 9 heteroatoms. The Morgan fingerprint density at radius 1 is 1.03 bits per heavy atom. The zero-order valence-electron chi connectivity index (χ0n) is 22.2.